The van der Waals surface area contributed by atoms with Crippen LogP contribution in [0.5, 0.6) is 17.2 Å². The Hall–Kier alpha value is -4.14. The number of amides is 1. The Labute approximate surface area is 204 Å². The monoisotopic (exact) mass is 479 g/mol. The Bertz CT molecular complexity index is 1170. The maximum atomic E-state index is 12.4. The van der Waals surface area contributed by atoms with Crippen molar-refractivity contribution in [3.63, 3.8) is 0 Å². The molecule has 0 bridgehead atoms. The topological polar surface area (TPSA) is 91.3 Å². The van der Waals surface area contributed by atoms with Gasteiger partial charge in [-0.2, -0.15) is 0 Å². The molecule has 0 atom stereocenters. The molecule has 0 aliphatic carbocycles. The largest absolute Gasteiger partial charge is 0.493 e. The molecule has 0 radical (unpaired) electrons. The summed E-state index contributed by atoms with van der Waals surface area (Å²) < 4.78 is 24.2. The molecule has 1 aliphatic heterocycles. The Morgan fingerprint density at radius 3 is 2.49 bits per heavy atom. The number of para-hydroxylation sites is 1. The van der Waals surface area contributed by atoms with Crippen molar-refractivity contribution in [3.05, 3.63) is 66.5 Å². The summed E-state index contributed by atoms with van der Waals surface area (Å²) in [7, 11) is 2.96. The van der Waals surface area contributed by atoms with Gasteiger partial charge in [-0.1, -0.05) is 6.07 Å². The van der Waals surface area contributed by atoms with Crippen molar-refractivity contribution >= 4 is 17.6 Å². The molecular weight excluding hydrogens is 450 g/mol. The van der Waals surface area contributed by atoms with Crippen molar-refractivity contribution in [2.24, 2.45) is 0 Å². The molecule has 1 N–H and O–H groups in total. The fraction of sp³-hybridized carbons (Fsp3) is 0.308. The molecule has 1 amide bonds. The van der Waals surface area contributed by atoms with Gasteiger partial charge in [-0.05, 0) is 36.4 Å². The highest BCUT2D eigenvalue weighted by Crippen LogP contribution is 2.35. The van der Waals surface area contributed by atoms with Gasteiger partial charge in [0.2, 0.25) is 5.91 Å². The fourth-order valence-corrected chi connectivity index (χ4v) is 3.95. The van der Waals surface area contributed by atoms with Crippen LogP contribution in [0, 0.1) is 0 Å². The minimum atomic E-state index is -0.379. The van der Waals surface area contributed by atoms with Gasteiger partial charge in [0.05, 0.1) is 50.8 Å². The smallest absolute Gasteiger partial charge is 0.340 e. The van der Waals surface area contributed by atoms with Crippen molar-refractivity contribution in [1.29, 1.82) is 0 Å². The van der Waals surface area contributed by atoms with E-state index in [9.17, 15) is 9.59 Å². The highest BCUT2D eigenvalue weighted by atomic mass is 16.5. The molecule has 0 spiro atoms. The SMILES string of the molecule is COC(=O)c1cccc(N2CC(Oc3ccc(OCCNC(C)=O)c(OC)c3)C2)c1-n1cccc1. The molecular formula is C26H29N3O6. The highest BCUT2D eigenvalue weighted by molar-refractivity contribution is 5.96. The number of anilines is 1. The number of esters is 1. The molecule has 2 heterocycles. The lowest BCUT2D eigenvalue weighted by molar-refractivity contribution is -0.119. The second-order valence-corrected chi connectivity index (χ2v) is 8.04. The number of methoxy groups -OCH3 is 2. The number of nitrogens with zero attached hydrogens (tertiary/aromatic N) is 2. The maximum absolute atomic E-state index is 12.4. The minimum absolute atomic E-state index is 0.0227. The Balaban J connectivity index is 1.42. The van der Waals surface area contributed by atoms with Gasteiger partial charge in [-0.25, -0.2) is 4.79 Å². The van der Waals surface area contributed by atoms with E-state index >= 15 is 0 Å². The van der Waals surface area contributed by atoms with Crippen LogP contribution < -0.4 is 24.4 Å². The van der Waals surface area contributed by atoms with Crippen LogP contribution in [0.15, 0.2) is 60.9 Å². The molecule has 184 valence electrons. The average molecular weight is 480 g/mol. The first-order valence-electron chi connectivity index (χ1n) is 11.3. The van der Waals surface area contributed by atoms with Gasteiger partial charge >= 0.3 is 5.97 Å². The minimum Gasteiger partial charge on any atom is -0.493 e. The standard InChI is InChI=1S/C26H29N3O6/c1-18(30)27-11-14-34-23-10-9-19(15-24(23)32-2)35-20-16-29(17-20)22-8-6-7-21(26(31)33-3)25(22)28-12-4-5-13-28/h4-10,12-13,15,20H,11,14,16-17H2,1-3H3,(H,27,30). The summed E-state index contributed by atoms with van der Waals surface area (Å²) in [6.45, 7) is 3.54. The zero-order valence-electron chi connectivity index (χ0n) is 20.0. The molecule has 3 aromatic rings. The summed E-state index contributed by atoms with van der Waals surface area (Å²) in [5, 5.41) is 2.69. The fourth-order valence-electron chi connectivity index (χ4n) is 3.95. The van der Waals surface area contributed by atoms with E-state index in [1.807, 2.05) is 47.3 Å². The first kappa shape index (κ1) is 24.0. The van der Waals surface area contributed by atoms with Gasteiger partial charge in [0.1, 0.15) is 18.5 Å². The number of rotatable bonds is 10. The molecule has 1 aliphatic rings. The van der Waals surface area contributed by atoms with Gasteiger partial charge in [-0.15, -0.1) is 0 Å². The summed E-state index contributed by atoms with van der Waals surface area (Å²) >= 11 is 0. The van der Waals surface area contributed by atoms with E-state index in [-0.39, 0.29) is 18.0 Å². The van der Waals surface area contributed by atoms with Crippen LogP contribution in [0.2, 0.25) is 0 Å². The summed E-state index contributed by atoms with van der Waals surface area (Å²) in [6, 6.07) is 14.9. The van der Waals surface area contributed by atoms with Crippen molar-refractivity contribution in [2.75, 3.05) is 45.4 Å². The van der Waals surface area contributed by atoms with E-state index in [4.69, 9.17) is 18.9 Å². The van der Waals surface area contributed by atoms with Crippen LogP contribution in [0.4, 0.5) is 5.69 Å². The first-order chi connectivity index (χ1) is 17.0. The van der Waals surface area contributed by atoms with E-state index in [2.05, 4.69) is 10.2 Å². The number of carbonyl (C=O) groups is 2. The van der Waals surface area contributed by atoms with Crippen LogP contribution in [0.25, 0.3) is 5.69 Å². The highest BCUT2D eigenvalue weighted by Gasteiger charge is 2.32. The Kier molecular flexibility index (Phi) is 7.45. The quantitative estimate of drug-likeness (QED) is 0.353. The lowest BCUT2D eigenvalue weighted by atomic mass is 10.1. The number of ether oxygens (including phenoxy) is 4. The zero-order valence-corrected chi connectivity index (χ0v) is 20.0. The number of aromatic nitrogens is 1. The number of benzene rings is 2. The van der Waals surface area contributed by atoms with Crippen LogP contribution in [0.1, 0.15) is 17.3 Å². The molecule has 9 heteroatoms. The third-order valence-corrected chi connectivity index (χ3v) is 5.64. The molecule has 2 aromatic carbocycles. The lowest BCUT2D eigenvalue weighted by Gasteiger charge is -2.41. The average Bonchev–Trinajstić information content (AvgIpc) is 3.37. The third-order valence-electron chi connectivity index (χ3n) is 5.64. The molecule has 1 fully saturated rings. The molecule has 4 rings (SSSR count). The van der Waals surface area contributed by atoms with Crippen LogP contribution >= 0.6 is 0 Å². The Morgan fingerprint density at radius 2 is 1.80 bits per heavy atom. The molecule has 1 saturated heterocycles. The summed E-state index contributed by atoms with van der Waals surface area (Å²) in [6.07, 6.45) is 3.79. The van der Waals surface area contributed by atoms with Crippen LogP contribution in [-0.2, 0) is 9.53 Å². The van der Waals surface area contributed by atoms with E-state index in [1.54, 1.807) is 25.3 Å². The first-order valence-corrected chi connectivity index (χ1v) is 11.3. The van der Waals surface area contributed by atoms with Crippen molar-refractivity contribution in [1.82, 2.24) is 9.88 Å². The van der Waals surface area contributed by atoms with Gasteiger partial charge < -0.3 is 33.7 Å². The van der Waals surface area contributed by atoms with Crippen molar-refractivity contribution < 1.29 is 28.5 Å². The predicted octanol–water partition coefficient (Wildman–Crippen LogP) is 3.06. The molecule has 1 aromatic heterocycles. The van der Waals surface area contributed by atoms with Gasteiger partial charge in [0.15, 0.2) is 11.5 Å². The summed E-state index contributed by atoms with van der Waals surface area (Å²) in [5.41, 5.74) is 2.22. The van der Waals surface area contributed by atoms with E-state index in [0.717, 1.165) is 11.4 Å². The second kappa shape index (κ2) is 10.9. The van der Waals surface area contributed by atoms with Crippen molar-refractivity contribution in [2.45, 2.75) is 13.0 Å². The normalized spacial score (nSPS) is 13.1. The predicted molar refractivity (Wildman–Crippen MR) is 131 cm³/mol. The number of carbonyl (C=O) groups excluding carboxylic acids is 2. The van der Waals surface area contributed by atoms with E-state index < -0.39 is 0 Å². The zero-order chi connectivity index (χ0) is 24.8. The lowest BCUT2D eigenvalue weighted by Crippen LogP contribution is -2.54. The summed E-state index contributed by atoms with van der Waals surface area (Å²) in [4.78, 5) is 25.5. The third kappa shape index (κ3) is 5.51. The van der Waals surface area contributed by atoms with E-state index in [1.165, 1.54) is 14.0 Å². The van der Waals surface area contributed by atoms with Crippen LogP contribution in [0.3, 0.4) is 0 Å². The number of nitrogens with one attached hydrogen (secondary N) is 1. The summed E-state index contributed by atoms with van der Waals surface area (Å²) in [5.74, 6) is 1.33. The Morgan fingerprint density at radius 1 is 1.03 bits per heavy atom. The molecule has 35 heavy (non-hydrogen) atoms. The van der Waals surface area contributed by atoms with Gasteiger partial charge in [0.25, 0.3) is 0 Å². The molecule has 0 unspecified atom stereocenters. The second-order valence-electron chi connectivity index (χ2n) is 8.04. The van der Waals surface area contributed by atoms with E-state index in [0.29, 0.717) is 49.1 Å². The van der Waals surface area contributed by atoms with Crippen molar-refractivity contribution in [3.8, 4) is 22.9 Å². The molecule has 0 saturated carbocycles. The van der Waals surface area contributed by atoms with Gasteiger partial charge in [-0.3, -0.25) is 4.79 Å². The van der Waals surface area contributed by atoms with Crippen LogP contribution in [-0.4, -0.2) is 63.0 Å². The molecule has 9 nitrogen and oxygen atoms in total. The number of hydrogen-bond donors (Lipinski definition) is 1. The number of hydrogen-bond acceptors (Lipinski definition) is 7. The maximum Gasteiger partial charge on any atom is 0.340 e. The van der Waals surface area contributed by atoms with Gasteiger partial charge in [0, 0.05) is 25.4 Å².